The molecule has 1 atom stereocenters. The topological polar surface area (TPSA) is 128 Å². The van der Waals surface area contributed by atoms with Crippen molar-refractivity contribution in [3.63, 3.8) is 0 Å². The summed E-state index contributed by atoms with van der Waals surface area (Å²) in [6.45, 7) is 4.02. The molecule has 0 saturated carbocycles. The lowest BCUT2D eigenvalue weighted by Crippen LogP contribution is -2.56. The van der Waals surface area contributed by atoms with Gasteiger partial charge in [0.2, 0.25) is 17.7 Å². The van der Waals surface area contributed by atoms with Gasteiger partial charge in [-0.25, -0.2) is 4.39 Å². The number of nitrogens with one attached hydrogen (secondary N) is 3. The Morgan fingerprint density at radius 1 is 0.923 bits per heavy atom. The van der Waals surface area contributed by atoms with Crippen LogP contribution in [0.2, 0.25) is 0 Å². The average molecular weight is 538 g/mol. The van der Waals surface area contributed by atoms with Crippen molar-refractivity contribution in [1.82, 2.24) is 10.2 Å². The van der Waals surface area contributed by atoms with Crippen molar-refractivity contribution in [3.05, 3.63) is 53.8 Å². The fourth-order valence-electron chi connectivity index (χ4n) is 5.00. The number of likely N-dealkylation sites (tertiary alicyclic amines) is 1. The van der Waals surface area contributed by atoms with Gasteiger partial charge in [0.25, 0.3) is 0 Å². The Morgan fingerprint density at radius 3 is 2.28 bits per heavy atom. The van der Waals surface area contributed by atoms with Crippen molar-refractivity contribution in [2.45, 2.75) is 45.6 Å². The van der Waals surface area contributed by atoms with E-state index in [2.05, 4.69) is 16.0 Å². The van der Waals surface area contributed by atoms with Gasteiger partial charge in [-0.15, -0.1) is 0 Å². The summed E-state index contributed by atoms with van der Waals surface area (Å²) in [5, 5.41) is 8.08. The van der Waals surface area contributed by atoms with E-state index in [0.29, 0.717) is 54.9 Å². The molecular formula is C28H32FN5O5. The molecule has 1 unspecified atom stereocenters. The first-order valence-electron chi connectivity index (χ1n) is 13.0. The van der Waals surface area contributed by atoms with Crippen LogP contribution in [0.15, 0.2) is 42.5 Å². The molecule has 2 saturated heterocycles. The molecule has 0 aliphatic carbocycles. The number of amides is 5. The second kappa shape index (κ2) is 12.1. The van der Waals surface area contributed by atoms with E-state index < -0.39 is 23.7 Å². The number of carbonyl (C=O) groups is 5. The Kier molecular flexibility index (Phi) is 8.58. The molecule has 11 heteroatoms. The first kappa shape index (κ1) is 27.7. The summed E-state index contributed by atoms with van der Waals surface area (Å²) >= 11 is 0. The maximum atomic E-state index is 13.5. The summed E-state index contributed by atoms with van der Waals surface area (Å²) in [4.78, 5) is 65.6. The van der Waals surface area contributed by atoms with Crippen molar-refractivity contribution in [2.75, 3.05) is 35.2 Å². The second-order valence-corrected chi connectivity index (χ2v) is 9.91. The SMILES string of the molecule is CC(=O)Nc1cccc(NC(=O)C2CCN(C(=O)C(=O)NC3CCCN(c4ccc(F)cc4C)C3=O)CC2)c1. The third kappa shape index (κ3) is 6.78. The monoisotopic (exact) mass is 537 g/mol. The Balaban J connectivity index is 1.28. The molecule has 0 radical (unpaired) electrons. The van der Waals surface area contributed by atoms with Crippen LogP contribution in [0.4, 0.5) is 21.5 Å². The van der Waals surface area contributed by atoms with Gasteiger partial charge in [0.05, 0.1) is 0 Å². The van der Waals surface area contributed by atoms with Crippen molar-refractivity contribution in [3.8, 4) is 0 Å². The van der Waals surface area contributed by atoms with Gasteiger partial charge in [-0.1, -0.05) is 6.07 Å². The Labute approximate surface area is 225 Å². The standard InChI is InChI=1S/C28H32FN5O5/c1-17-15-20(29)8-9-24(17)34-12-4-7-23(27(34)38)32-26(37)28(39)33-13-10-19(11-14-33)25(36)31-22-6-3-5-21(16-22)30-18(2)35/h3,5-6,8-9,15-16,19,23H,4,7,10-14H2,1-2H3,(H,30,35)(H,31,36)(H,32,37). The van der Waals surface area contributed by atoms with Crippen LogP contribution in [0.25, 0.3) is 0 Å². The fourth-order valence-corrected chi connectivity index (χ4v) is 5.00. The number of anilines is 3. The van der Waals surface area contributed by atoms with Gasteiger partial charge < -0.3 is 25.8 Å². The number of aryl methyl sites for hydroxylation is 1. The van der Waals surface area contributed by atoms with Crippen LogP contribution < -0.4 is 20.9 Å². The van der Waals surface area contributed by atoms with Gasteiger partial charge in [-0.05, 0) is 74.6 Å². The van der Waals surface area contributed by atoms with Gasteiger partial charge >= 0.3 is 11.8 Å². The van der Waals surface area contributed by atoms with Crippen molar-refractivity contribution in [2.24, 2.45) is 5.92 Å². The zero-order valence-corrected chi connectivity index (χ0v) is 22.0. The molecule has 2 aromatic rings. The average Bonchev–Trinajstić information content (AvgIpc) is 2.89. The quantitative estimate of drug-likeness (QED) is 0.505. The molecule has 0 spiro atoms. The minimum absolute atomic E-state index is 0.199. The summed E-state index contributed by atoms with van der Waals surface area (Å²) in [6.07, 6.45) is 1.79. The highest BCUT2D eigenvalue weighted by atomic mass is 19.1. The molecule has 2 aromatic carbocycles. The predicted octanol–water partition coefficient (Wildman–Crippen LogP) is 2.58. The van der Waals surface area contributed by atoms with E-state index in [1.807, 2.05) is 0 Å². The van der Waals surface area contributed by atoms with Gasteiger partial charge in [-0.3, -0.25) is 24.0 Å². The molecule has 4 rings (SSSR count). The molecule has 3 N–H and O–H groups in total. The molecule has 5 amide bonds. The van der Waals surface area contributed by atoms with Crippen molar-refractivity contribution < 1.29 is 28.4 Å². The predicted molar refractivity (Wildman–Crippen MR) is 143 cm³/mol. The van der Waals surface area contributed by atoms with Gasteiger partial charge in [0, 0.05) is 49.5 Å². The molecule has 206 valence electrons. The van der Waals surface area contributed by atoms with Crippen LogP contribution in [0.5, 0.6) is 0 Å². The minimum Gasteiger partial charge on any atom is -0.336 e. The zero-order chi connectivity index (χ0) is 28.1. The molecule has 39 heavy (non-hydrogen) atoms. The third-order valence-corrected chi connectivity index (χ3v) is 6.99. The van der Waals surface area contributed by atoms with Crippen LogP contribution >= 0.6 is 0 Å². The smallest absolute Gasteiger partial charge is 0.311 e. The minimum atomic E-state index is -0.858. The lowest BCUT2D eigenvalue weighted by atomic mass is 9.95. The van der Waals surface area contributed by atoms with Crippen LogP contribution in [-0.4, -0.2) is 60.1 Å². The maximum absolute atomic E-state index is 13.5. The molecule has 0 bridgehead atoms. The summed E-state index contributed by atoms with van der Waals surface area (Å²) in [5.41, 5.74) is 2.30. The van der Waals surface area contributed by atoms with Crippen molar-refractivity contribution in [1.29, 1.82) is 0 Å². The van der Waals surface area contributed by atoms with E-state index in [4.69, 9.17) is 0 Å². The number of halogens is 1. The zero-order valence-electron chi connectivity index (χ0n) is 22.0. The molecule has 10 nitrogen and oxygen atoms in total. The molecular weight excluding hydrogens is 505 g/mol. The van der Waals surface area contributed by atoms with E-state index in [-0.39, 0.29) is 36.7 Å². The highest BCUT2D eigenvalue weighted by molar-refractivity contribution is 6.35. The summed E-state index contributed by atoms with van der Waals surface area (Å²) in [5.74, 6) is -3.08. The summed E-state index contributed by atoms with van der Waals surface area (Å²) < 4.78 is 13.5. The maximum Gasteiger partial charge on any atom is 0.311 e. The third-order valence-electron chi connectivity index (χ3n) is 6.99. The molecule has 2 fully saturated rings. The van der Waals surface area contributed by atoms with Crippen LogP contribution in [0.1, 0.15) is 38.2 Å². The number of rotatable bonds is 5. The number of hydrogen-bond donors (Lipinski definition) is 3. The van der Waals surface area contributed by atoms with E-state index in [1.165, 1.54) is 34.9 Å². The van der Waals surface area contributed by atoms with Gasteiger partial charge in [0.1, 0.15) is 11.9 Å². The van der Waals surface area contributed by atoms with Crippen LogP contribution in [-0.2, 0) is 24.0 Å². The Bertz CT molecular complexity index is 1290. The number of piperidine rings is 2. The van der Waals surface area contributed by atoms with Gasteiger partial charge in [-0.2, -0.15) is 0 Å². The van der Waals surface area contributed by atoms with E-state index >= 15 is 0 Å². The van der Waals surface area contributed by atoms with Gasteiger partial charge in [0.15, 0.2) is 0 Å². The van der Waals surface area contributed by atoms with E-state index in [1.54, 1.807) is 31.2 Å². The van der Waals surface area contributed by atoms with Crippen molar-refractivity contribution >= 4 is 46.6 Å². The second-order valence-electron chi connectivity index (χ2n) is 9.91. The van der Waals surface area contributed by atoms with Crippen LogP contribution in [0.3, 0.4) is 0 Å². The first-order valence-corrected chi connectivity index (χ1v) is 13.0. The molecule has 2 aliphatic rings. The largest absolute Gasteiger partial charge is 0.336 e. The first-order chi connectivity index (χ1) is 18.6. The molecule has 2 heterocycles. The summed E-state index contributed by atoms with van der Waals surface area (Å²) in [7, 11) is 0. The fraction of sp³-hybridized carbons (Fsp3) is 0.393. The number of benzene rings is 2. The normalized spacial score (nSPS) is 17.9. The summed E-state index contributed by atoms with van der Waals surface area (Å²) in [6, 6.07) is 10.1. The number of hydrogen-bond acceptors (Lipinski definition) is 5. The Morgan fingerprint density at radius 2 is 1.62 bits per heavy atom. The van der Waals surface area contributed by atoms with E-state index in [9.17, 15) is 28.4 Å². The molecule has 2 aliphatic heterocycles. The van der Waals surface area contributed by atoms with E-state index in [0.717, 1.165) is 0 Å². The highest BCUT2D eigenvalue weighted by Gasteiger charge is 2.35. The Hall–Kier alpha value is -4.28. The number of carbonyl (C=O) groups excluding carboxylic acids is 5. The number of nitrogens with zero attached hydrogens (tertiary/aromatic N) is 2. The lowest BCUT2D eigenvalue weighted by Gasteiger charge is -2.34. The highest BCUT2D eigenvalue weighted by Crippen LogP contribution is 2.26. The lowest BCUT2D eigenvalue weighted by molar-refractivity contribution is -0.148. The molecule has 0 aromatic heterocycles. The van der Waals surface area contributed by atoms with Crippen LogP contribution in [0, 0.1) is 18.7 Å².